The van der Waals surface area contributed by atoms with Gasteiger partial charge >= 0.3 is 12.1 Å². The summed E-state index contributed by atoms with van der Waals surface area (Å²) in [6, 6.07) is 8.75. The number of para-hydroxylation sites is 1. The van der Waals surface area contributed by atoms with E-state index in [0.717, 1.165) is 0 Å². The van der Waals surface area contributed by atoms with Gasteiger partial charge in [0.2, 0.25) is 0 Å². The molecule has 0 bridgehead atoms. The Labute approximate surface area is 222 Å². The first kappa shape index (κ1) is 28.7. The molecule has 5 amide bonds. The van der Waals surface area contributed by atoms with Crippen molar-refractivity contribution in [2.45, 2.75) is 45.9 Å². The number of amides is 5. The summed E-state index contributed by atoms with van der Waals surface area (Å²) in [4.78, 5) is 42.0. The van der Waals surface area contributed by atoms with Gasteiger partial charge in [-0.1, -0.05) is 13.0 Å². The predicted molar refractivity (Wildman–Crippen MR) is 143 cm³/mol. The molecular formula is C27H36FN5O5. The Morgan fingerprint density at radius 3 is 2.47 bits per heavy atom. The second kappa shape index (κ2) is 12.6. The third-order valence-electron chi connectivity index (χ3n) is 6.25. The second-order valence-electron chi connectivity index (χ2n) is 9.88. The normalized spacial score (nSPS) is 18.0. The fourth-order valence-corrected chi connectivity index (χ4v) is 4.09. The van der Waals surface area contributed by atoms with E-state index in [1.807, 2.05) is 20.8 Å². The van der Waals surface area contributed by atoms with Crippen molar-refractivity contribution in [2.75, 3.05) is 37.4 Å². The second-order valence-corrected chi connectivity index (χ2v) is 9.88. The number of rotatable bonds is 7. The van der Waals surface area contributed by atoms with Crippen LogP contribution in [0.4, 0.5) is 25.4 Å². The first-order chi connectivity index (χ1) is 18.0. The molecule has 1 aliphatic rings. The number of carbonyl (C=O) groups excluding carboxylic acids is 3. The molecule has 38 heavy (non-hydrogen) atoms. The average Bonchev–Trinajstić information content (AvgIpc) is 2.86. The molecule has 3 atom stereocenters. The highest BCUT2D eigenvalue weighted by molar-refractivity contribution is 6.04. The van der Waals surface area contributed by atoms with Crippen molar-refractivity contribution in [3.05, 3.63) is 53.8 Å². The molecule has 2 aromatic carbocycles. The van der Waals surface area contributed by atoms with Gasteiger partial charge in [-0.15, -0.1) is 0 Å². The number of anilines is 2. The van der Waals surface area contributed by atoms with E-state index in [9.17, 15) is 23.9 Å². The number of halogens is 1. The number of nitrogens with zero attached hydrogens (tertiary/aromatic N) is 2. The zero-order valence-corrected chi connectivity index (χ0v) is 22.3. The van der Waals surface area contributed by atoms with E-state index in [-0.39, 0.29) is 54.1 Å². The largest absolute Gasteiger partial charge is 0.485 e. The van der Waals surface area contributed by atoms with Crippen LogP contribution in [0.2, 0.25) is 0 Å². The summed E-state index contributed by atoms with van der Waals surface area (Å²) in [6.45, 7) is 7.68. The summed E-state index contributed by atoms with van der Waals surface area (Å²) < 4.78 is 19.6. The first-order valence-electron chi connectivity index (χ1n) is 12.6. The van der Waals surface area contributed by atoms with Gasteiger partial charge in [-0.25, -0.2) is 14.0 Å². The smallest absolute Gasteiger partial charge is 0.323 e. The number of aliphatic hydroxyl groups is 1. The number of hydrogen-bond donors (Lipinski definition) is 4. The zero-order valence-electron chi connectivity index (χ0n) is 22.3. The van der Waals surface area contributed by atoms with Crippen molar-refractivity contribution in [3.8, 4) is 5.75 Å². The monoisotopic (exact) mass is 529 g/mol. The van der Waals surface area contributed by atoms with Crippen LogP contribution in [-0.2, 0) is 0 Å². The number of ether oxygens (including phenoxy) is 1. The Kier molecular flexibility index (Phi) is 9.51. The number of benzene rings is 2. The summed E-state index contributed by atoms with van der Waals surface area (Å²) >= 11 is 0. The summed E-state index contributed by atoms with van der Waals surface area (Å²) in [6.07, 6.45) is -0.540. The maximum absolute atomic E-state index is 13.6. The van der Waals surface area contributed by atoms with Crippen LogP contribution < -0.4 is 20.7 Å². The number of aliphatic hydroxyl groups excluding tert-OH is 1. The molecule has 0 radical (unpaired) electrons. The minimum atomic E-state index is -0.610. The van der Waals surface area contributed by atoms with E-state index >= 15 is 0 Å². The van der Waals surface area contributed by atoms with Crippen LogP contribution >= 0.6 is 0 Å². The third-order valence-corrected chi connectivity index (χ3v) is 6.25. The molecule has 0 aromatic heterocycles. The fraction of sp³-hybridized carbons (Fsp3) is 0.444. The number of likely N-dealkylation sites (N-methyl/N-ethyl adjacent to an activating group) is 1. The van der Waals surface area contributed by atoms with Crippen LogP contribution in [0.15, 0.2) is 42.5 Å². The molecule has 0 fully saturated rings. The Bertz CT molecular complexity index is 1140. The van der Waals surface area contributed by atoms with Crippen LogP contribution in [0, 0.1) is 11.7 Å². The molecular weight excluding hydrogens is 493 g/mol. The van der Waals surface area contributed by atoms with E-state index in [1.165, 1.54) is 29.2 Å². The van der Waals surface area contributed by atoms with Crippen molar-refractivity contribution < 1.29 is 28.6 Å². The first-order valence-corrected chi connectivity index (χ1v) is 12.6. The lowest BCUT2D eigenvalue weighted by Gasteiger charge is -2.38. The Hall–Kier alpha value is -3.86. The van der Waals surface area contributed by atoms with E-state index in [1.54, 1.807) is 37.1 Å². The molecule has 1 heterocycles. The third kappa shape index (κ3) is 7.12. The molecule has 0 unspecified atom stereocenters. The zero-order chi connectivity index (χ0) is 28.0. The minimum Gasteiger partial charge on any atom is -0.485 e. The van der Waals surface area contributed by atoms with Gasteiger partial charge in [0.05, 0.1) is 30.4 Å². The van der Waals surface area contributed by atoms with Crippen LogP contribution in [0.3, 0.4) is 0 Å². The Morgan fingerprint density at radius 1 is 1.16 bits per heavy atom. The summed E-state index contributed by atoms with van der Waals surface area (Å²) in [7, 11) is 1.66. The Morgan fingerprint density at radius 2 is 1.84 bits per heavy atom. The molecule has 4 N–H and O–H groups in total. The minimum absolute atomic E-state index is 0.0460. The molecule has 0 spiro atoms. The number of carbonyl (C=O) groups is 3. The van der Waals surface area contributed by atoms with Crippen molar-refractivity contribution in [1.82, 2.24) is 15.1 Å². The highest BCUT2D eigenvalue weighted by Crippen LogP contribution is 2.35. The molecule has 2 aromatic rings. The van der Waals surface area contributed by atoms with Crippen molar-refractivity contribution in [1.29, 1.82) is 0 Å². The highest BCUT2D eigenvalue weighted by Gasteiger charge is 2.35. The van der Waals surface area contributed by atoms with Gasteiger partial charge < -0.3 is 35.6 Å². The average molecular weight is 530 g/mol. The quantitative estimate of drug-likeness (QED) is 0.435. The molecule has 11 heteroatoms. The standard InChI is InChI=1S/C27H36FN5O5/c1-16(2)29-27(37)32(5)14-23-17(3)13-33(18(4)15-34)25(35)21-7-6-8-22(24(21)38-23)31-26(36)30-20-11-9-19(28)10-12-20/h6-12,16-18,23,34H,13-15H2,1-5H3,(H,29,37)(H2,30,31,36)/t17-,18-,23-/m1/s1. The number of urea groups is 2. The van der Waals surface area contributed by atoms with E-state index in [0.29, 0.717) is 12.2 Å². The van der Waals surface area contributed by atoms with Crippen molar-refractivity contribution >= 4 is 29.3 Å². The van der Waals surface area contributed by atoms with E-state index < -0.39 is 24.0 Å². The van der Waals surface area contributed by atoms with Crippen molar-refractivity contribution in [3.63, 3.8) is 0 Å². The lowest BCUT2D eigenvalue weighted by molar-refractivity contribution is 0.0368. The molecule has 0 saturated heterocycles. The number of hydrogen-bond acceptors (Lipinski definition) is 5. The predicted octanol–water partition coefficient (Wildman–Crippen LogP) is 3.74. The summed E-state index contributed by atoms with van der Waals surface area (Å²) in [5, 5.41) is 18.0. The topological polar surface area (TPSA) is 123 Å². The summed E-state index contributed by atoms with van der Waals surface area (Å²) in [5.74, 6) is -0.839. The summed E-state index contributed by atoms with van der Waals surface area (Å²) in [5.41, 5.74) is 0.850. The molecule has 10 nitrogen and oxygen atoms in total. The van der Waals surface area contributed by atoms with Crippen molar-refractivity contribution in [2.24, 2.45) is 5.92 Å². The van der Waals surface area contributed by atoms with Gasteiger partial charge in [-0.2, -0.15) is 0 Å². The van der Waals surface area contributed by atoms with Gasteiger partial charge in [0.25, 0.3) is 5.91 Å². The van der Waals surface area contributed by atoms with E-state index in [2.05, 4.69) is 16.0 Å². The lowest BCUT2D eigenvalue weighted by Crippen LogP contribution is -2.51. The van der Waals surface area contributed by atoms with Crippen LogP contribution in [0.1, 0.15) is 38.1 Å². The van der Waals surface area contributed by atoms with Gasteiger partial charge in [-0.05, 0) is 57.2 Å². The van der Waals surface area contributed by atoms with Gasteiger partial charge in [0.15, 0.2) is 5.75 Å². The molecule has 0 saturated carbocycles. The SMILES string of the molecule is CC(C)NC(=O)N(C)C[C@H]1Oc2c(NC(=O)Nc3ccc(F)cc3)cccc2C(=O)N([C@H](C)CO)C[C@H]1C. The van der Waals surface area contributed by atoms with Crippen LogP contribution in [-0.4, -0.2) is 77.8 Å². The maximum atomic E-state index is 13.6. The van der Waals surface area contributed by atoms with Crippen LogP contribution in [0.5, 0.6) is 5.75 Å². The number of fused-ring (bicyclic) bond motifs is 1. The molecule has 1 aliphatic heterocycles. The Balaban J connectivity index is 1.95. The van der Waals surface area contributed by atoms with Gasteiger partial charge in [-0.3, -0.25) is 4.79 Å². The fourth-order valence-electron chi connectivity index (χ4n) is 4.09. The number of nitrogens with one attached hydrogen (secondary N) is 3. The van der Waals surface area contributed by atoms with Gasteiger partial charge in [0, 0.05) is 31.2 Å². The molecule has 3 rings (SSSR count). The molecule has 206 valence electrons. The van der Waals surface area contributed by atoms with Gasteiger partial charge in [0.1, 0.15) is 11.9 Å². The lowest BCUT2D eigenvalue weighted by atomic mass is 9.99. The van der Waals surface area contributed by atoms with Crippen LogP contribution in [0.25, 0.3) is 0 Å². The highest BCUT2D eigenvalue weighted by atomic mass is 19.1. The maximum Gasteiger partial charge on any atom is 0.323 e. The molecule has 0 aliphatic carbocycles. The van der Waals surface area contributed by atoms with E-state index in [4.69, 9.17) is 4.74 Å².